The SMILES string of the molecule is O=[N+]([O-])c1ccccc1N1CCN(Cc2cccc(O)c2)CC1. The number of phenolic OH excluding ortho intramolecular Hbond substituents is 1. The minimum absolute atomic E-state index is 0.161. The summed E-state index contributed by atoms with van der Waals surface area (Å²) in [5.74, 6) is 0.279. The van der Waals surface area contributed by atoms with Crippen molar-refractivity contribution in [2.45, 2.75) is 6.54 Å². The highest BCUT2D eigenvalue weighted by molar-refractivity contribution is 5.63. The zero-order valence-corrected chi connectivity index (χ0v) is 12.8. The van der Waals surface area contributed by atoms with E-state index in [2.05, 4.69) is 9.80 Å². The molecular weight excluding hydrogens is 294 g/mol. The molecule has 1 aliphatic heterocycles. The summed E-state index contributed by atoms with van der Waals surface area (Å²) in [6.07, 6.45) is 0. The molecule has 2 aromatic rings. The minimum Gasteiger partial charge on any atom is -0.508 e. The van der Waals surface area contributed by atoms with Gasteiger partial charge in [0.25, 0.3) is 5.69 Å². The van der Waals surface area contributed by atoms with Crippen LogP contribution in [0.3, 0.4) is 0 Å². The van der Waals surface area contributed by atoms with Crippen LogP contribution in [0.4, 0.5) is 11.4 Å². The largest absolute Gasteiger partial charge is 0.508 e. The Labute approximate surface area is 134 Å². The Bertz CT molecular complexity index is 697. The quantitative estimate of drug-likeness (QED) is 0.694. The minimum atomic E-state index is -0.325. The third kappa shape index (κ3) is 3.60. The summed E-state index contributed by atoms with van der Waals surface area (Å²) in [6, 6.07) is 14.2. The van der Waals surface area contributed by atoms with Crippen LogP contribution < -0.4 is 4.90 Å². The van der Waals surface area contributed by atoms with E-state index in [9.17, 15) is 15.2 Å². The predicted octanol–water partition coefficient (Wildman–Crippen LogP) is 2.62. The Hall–Kier alpha value is -2.60. The zero-order valence-electron chi connectivity index (χ0n) is 12.8. The summed E-state index contributed by atoms with van der Waals surface area (Å²) in [5.41, 5.74) is 1.92. The first-order valence-corrected chi connectivity index (χ1v) is 7.62. The highest BCUT2D eigenvalue weighted by Crippen LogP contribution is 2.28. The van der Waals surface area contributed by atoms with Gasteiger partial charge in [-0.2, -0.15) is 0 Å². The molecular formula is C17H19N3O3. The van der Waals surface area contributed by atoms with Crippen molar-refractivity contribution in [1.29, 1.82) is 0 Å². The molecule has 2 aromatic carbocycles. The number of rotatable bonds is 4. The Morgan fingerprint density at radius 3 is 2.48 bits per heavy atom. The molecule has 1 aliphatic rings. The number of hydrogen-bond donors (Lipinski definition) is 1. The van der Waals surface area contributed by atoms with Crippen molar-refractivity contribution in [3.63, 3.8) is 0 Å². The van der Waals surface area contributed by atoms with Crippen LogP contribution in [0, 0.1) is 10.1 Å². The van der Waals surface area contributed by atoms with Gasteiger partial charge in [-0.15, -0.1) is 0 Å². The number of para-hydroxylation sites is 2. The molecule has 0 saturated carbocycles. The number of piperazine rings is 1. The zero-order chi connectivity index (χ0) is 16.2. The first-order valence-electron chi connectivity index (χ1n) is 7.62. The van der Waals surface area contributed by atoms with Crippen LogP contribution in [0.25, 0.3) is 0 Å². The van der Waals surface area contributed by atoms with E-state index in [4.69, 9.17) is 0 Å². The Kier molecular flexibility index (Phi) is 4.43. The standard InChI is InChI=1S/C17H19N3O3/c21-15-5-3-4-14(12-15)13-18-8-10-19(11-9-18)16-6-1-2-7-17(16)20(22)23/h1-7,12,21H,8-11,13H2. The van der Waals surface area contributed by atoms with Gasteiger partial charge < -0.3 is 10.0 Å². The van der Waals surface area contributed by atoms with Gasteiger partial charge in [-0.1, -0.05) is 24.3 Å². The van der Waals surface area contributed by atoms with Crippen molar-refractivity contribution in [3.05, 3.63) is 64.2 Å². The number of nitro groups is 1. The maximum Gasteiger partial charge on any atom is 0.292 e. The summed E-state index contributed by atoms with van der Waals surface area (Å²) < 4.78 is 0. The van der Waals surface area contributed by atoms with Gasteiger partial charge in [0.1, 0.15) is 11.4 Å². The van der Waals surface area contributed by atoms with Crippen molar-refractivity contribution in [1.82, 2.24) is 4.90 Å². The molecule has 1 fully saturated rings. The molecule has 1 saturated heterocycles. The molecule has 1 heterocycles. The van der Waals surface area contributed by atoms with Gasteiger partial charge in [-0.25, -0.2) is 0 Å². The van der Waals surface area contributed by atoms with E-state index in [-0.39, 0.29) is 16.4 Å². The van der Waals surface area contributed by atoms with Gasteiger partial charge in [-0.3, -0.25) is 15.0 Å². The third-order valence-corrected chi connectivity index (χ3v) is 4.11. The normalized spacial score (nSPS) is 15.6. The number of aromatic hydroxyl groups is 1. The molecule has 1 N–H and O–H groups in total. The van der Waals surface area contributed by atoms with Gasteiger partial charge in [0.15, 0.2) is 0 Å². The number of phenols is 1. The van der Waals surface area contributed by atoms with Crippen LogP contribution in [0.1, 0.15) is 5.56 Å². The Balaban J connectivity index is 1.64. The fraction of sp³-hybridized carbons (Fsp3) is 0.294. The molecule has 0 aromatic heterocycles. The molecule has 0 bridgehead atoms. The molecule has 3 rings (SSSR count). The third-order valence-electron chi connectivity index (χ3n) is 4.11. The summed E-state index contributed by atoms with van der Waals surface area (Å²) >= 11 is 0. The lowest BCUT2D eigenvalue weighted by Gasteiger charge is -2.35. The molecule has 0 aliphatic carbocycles. The first-order chi connectivity index (χ1) is 11.1. The van der Waals surface area contributed by atoms with E-state index in [1.54, 1.807) is 24.3 Å². The van der Waals surface area contributed by atoms with E-state index >= 15 is 0 Å². The van der Waals surface area contributed by atoms with Gasteiger partial charge >= 0.3 is 0 Å². The van der Waals surface area contributed by atoms with E-state index < -0.39 is 0 Å². The lowest BCUT2D eigenvalue weighted by Crippen LogP contribution is -2.46. The molecule has 0 unspecified atom stereocenters. The molecule has 6 heteroatoms. The smallest absolute Gasteiger partial charge is 0.292 e. The second-order valence-electron chi connectivity index (χ2n) is 5.68. The molecule has 0 radical (unpaired) electrons. The van der Waals surface area contributed by atoms with Crippen molar-refractivity contribution < 1.29 is 10.0 Å². The molecule has 0 amide bonds. The number of anilines is 1. The van der Waals surface area contributed by atoms with Gasteiger partial charge in [0.2, 0.25) is 0 Å². The van der Waals surface area contributed by atoms with Crippen molar-refractivity contribution in [3.8, 4) is 5.75 Å². The first kappa shape index (κ1) is 15.3. The summed E-state index contributed by atoms with van der Waals surface area (Å²) in [7, 11) is 0. The summed E-state index contributed by atoms with van der Waals surface area (Å²) in [5, 5.41) is 20.7. The number of benzene rings is 2. The highest BCUT2D eigenvalue weighted by atomic mass is 16.6. The average Bonchev–Trinajstić information content (AvgIpc) is 2.55. The lowest BCUT2D eigenvalue weighted by molar-refractivity contribution is -0.384. The maximum atomic E-state index is 11.1. The summed E-state index contributed by atoms with van der Waals surface area (Å²) in [6.45, 7) is 3.95. The van der Waals surface area contributed by atoms with E-state index in [1.165, 1.54) is 0 Å². The molecule has 120 valence electrons. The van der Waals surface area contributed by atoms with Gasteiger partial charge in [0, 0.05) is 38.8 Å². The summed E-state index contributed by atoms with van der Waals surface area (Å²) in [4.78, 5) is 15.2. The molecule has 0 atom stereocenters. The van der Waals surface area contributed by atoms with Crippen LogP contribution in [0.5, 0.6) is 5.75 Å². The highest BCUT2D eigenvalue weighted by Gasteiger charge is 2.23. The topological polar surface area (TPSA) is 69.9 Å². The van der Waals surface area contributed by atoms with Crippen molar-refractivity contribution in [2.75, 3.05) is 31.1 Å². The van der Waals surface area contributed by atoms with E-state index in [0.717, 1.165) is 38.3 Å². The monoisotopic (exact) mass is 313 g/mol. The molecule has 6 nitrogen and oxygen atoms in total. The second-order valence-corrected chi connectivity index (χ2v) is 5.68. The van der Waals surface area contributed by atoms with E-state index in [1.807, 2.05) is 24.3 Å². The average molecular weight is 313 g/mol. The number of hydrogen-bond acceptors (Lipinski definition) is 5. The van der Waals surface area contributed by atoms with Gasteiger partial charge in [0.05, 0.1) is 4.92 Å². The van der Waals surface area contributed by atoms with E-state index in [0.29, 0.717) is 5.69 Å². The van der Waals surface area contributed by atoms with Crippen LogP contribution >= 0.6 is 0 Å². The Morgan fingerprint density at radius 2 is 1.78 bits per heavy atom. The Morgan fingerprint density at radius 1 is 1.04 bits per heavy atom. The fourth-order valence-electron chi connectivity index (χ4n) is 2.95. The van der Waals surface area contributed by atoms with Crippen molar-refractivity contribution in [2.24, 2.45) is 0 Å². The second kappa shape index (κ2) is 6.66. The molecule has 23 heavy (non-hydrogen) atoms. The van der Waals surface area contributed by atoms with Crippen LogP contribution in [-0.4, -0.2) is 41.1 Å². The number of nitro benzene ring substituents is 1. The fourth-order valence-corrected chi connectivity index (χ4v) is 2.95. The van der Waals surface area contributed by atoms with Crippen LogP contribution in [0.15, 0.2) is 48.5 Å². The van der Waals surface area contributed by atoms with Gasteiger partial charge in [-0.05, 0) is 23.8 Å². The van der Waals surface area contributed by atoms with Crippen molar-refractivity contribution >= 4 is 11.4 Å². The molecule has 0 spiro atoms. The maximum absolute atomic E-state index is 11.1. The number of nitrogens with zero attached hydrogens (tertiary/aromatic N) is 3. The van der Waals surface area contributed by atoms with Crippen LogP contribution in [-0.2, 0) is 6.54 Å². The predicted molar refractivity (Wildman–Crippen MR) is 88.7 cm³/mol. The lowest BCUT2D eigenvalue weighted by atomic mass is 10.1. The van der Waals surface area contributed by atoms with Crippen LogP contribution in [0.2, 0.25) is 0 Å².